The van der Waals surface area contributed by atoms with Crippen molar-refractivity contribution in [2.75, 3.05) is 11.1 Å². The molecule has 0 radical (unpaired) electrons. The van der Waals surface area contributed by atoms with Gasteiger partial charge in [-0.05, 0) is 37.1 Å². The van der Waals surface area contributed by atoms with Crippen LogP contribution in [-0.2, 0) is 0 Å². The number of nitrogens with zero attached hydrogens (tertiary/aromatic N) is 1. The van der Waals surface area contributed by atoms with Crippen LogP contribution in [0.4, 0.5) is 11.4 Å². The van der Waals surface area contributed by atoms with Crippen LogP contribution in [0, 0.1) is 0 Å². The lowest BCUT2D eigenvalue weighted by atomic mass is 10.3. The van der Waals surface area contributed by atoms with E-state index in [1.165, 1.54) is 0 Å². The van der Waals surface area contributed by atoms with Gasteiger partial charge in [-0.15, -0.1) is 0 Å². The number of aromatic nitrogens is 1. The Balaban J connectivity index is 1.84. The summed E-state index contributed by atoms with van der Waals surface area (Å²) in [6, 6.07) is 9.68. The van der Waals surface area contributed by atoms with E-state index in [0.717, 1.165) is 23.0 Å². The fourth-order valence-electron chi connectivity index (χ4n) is 2.10. The number of carbonyl (C=O) groups is 1. The number of rotatable bonds is 3. The summed E-state index contributed by atoms with van der Waals surface area (Å²) in [7, 11) is 0. The zero-order valence-corrected chi connectivity index (χ0v) is 11.9. The van der Waals surface area contributed by atoms with Crippen molar-refractivity contribution in [3.8, 4) is 0 Å². The predicted molar refractivity (Wildman–Crippen MR) is 79.2 cm³/mol. The van der Waals surface area contributed by atoms with E-state index < -0.39 is 0 Å². The van der Waals surface area contributed by atoms with E-state index >= 15 is 0 Å². The number of nitrogen functional groups attached to an aromatic ring is 1. The van der Waals surface area contributed by atoms with Crippen LogP contribution in [0.1, 0.15) is 29.4 Å². The van der Waals surface area contributed by atoms with Crippen molar-refractivity contribution < 1.29 is 4.79 Å². The Labute approximate surface area is 119 Å². The molecule has 19 heavy (non-hydrogen) atoms. The summed E-state index contributed by atoms with van der Waals surface area (Å²) in [4.78, 5) is 12.3. The van der Waals surface area contributed by atoms with Gasteiger partial charge in [0.15, 0.2) is 0 Å². The zero-order chi connectivity index (χ0) is 13.4. The topological polar surface area (TPSA) is 60.1 Å². The lowest BCUT2D eigenvalue weighted by Crippen LogP contribution is -2.16. The number of anilines is 2. The van der Waals surface area contributed by atoms with Crippen molar-refractivity contribution in [2.24, 2.45) is 0 Å². The third kappa shape index (κ3) is 2.66. The van der Waals surface area contributed by atoms with Crippen molar-refractivity contribution in [1.82, 2.24) is 4.57 Å². The zero-order valence-electron chi connectivity index (χ0n) is 10.3. The number of nitrogens with two attached hydrogens (primary N) is 1. The van der Waals surface area contributed by atoms with Gasteiger partial charge in [0, 0.05) is 22.4 Å². The molecule has 3 N–H and O–H groups in total. The monoisotopic (exact) mass is 319 g/mol. The van der Waals surface area contributed by atoms with E-state index in [4.69, 9.17) is 5.73 Å². The van der Waals surface area contributed by atoms with Crippen molar-refractivity contribution in [3.05, 3.63) is 46.7 Å². The minimum Gasteiger partial charge on any atom is -0.397 e. The average molecular weight is 320 g/mol. The van der Waals surface area contributed by atoms with Gasteiger partial charge in [0.1, 0.15) is 5.69 Å². The lowest BCUT2D eigenvalue weighted by Gasteiger charge is -2.08. The molecular formula is C14H14BrN3O. The van der Waals surface area contributed by atoms with E-state index in [0.29, 0.717) is 17.4 Å². The van der Waals surface area contributed by atoms with Gasteiger partial charge in [-0.25, -0.2) is 0 Å². The third-order valence-electron chi connectivity index (χ3n) is 3.13. The molecule has 5 heteroatoms. The Bertz CT molecular complexity index is 631. The van der Waals surface area contributed by atoms with Crippen LogP contribution in [0.2, 0.25) is 0 Å². The normalized spacial score (nSPS) is 14.4. The Morgan fingerprint density at radius 3 is 2.84 bits per heavy atom. The molecule has 0 spiro atoms. The molecule has 0 saturated heterocycles. The Morgan fingerprint density at radius 1 is 1.37 bits per heavy atom. The minimum absolute atomic E-state index is 0.123. The number of benzene rings is 1. The SMILES string of the molecule is Nc1cc(C(=O)Nc2cccc(Br)c2)n(C2CC2)c1. The first-order chi connectivity index (χ1) is 9.13. The summed E-state index contributed by atoms with van der Waals surface area (Å²) in [5.41, 5.74) is 7.81. The number of nitrogens with one attached hydrogen (secondary N) is 1. The van der Waals surface area contributed by atoms with E-state index in [2.05, 4.69) is 21.2 Å². The summed E-state index contributed by atoms with van der Waals surface area (Å²) in [5, 5.41) is 2.89. The lowest BCUT2D eigenvalue weighted by molar-refractivity contribution is 0.101. The van der Waals surface area contributed by atoms with Gasteiger partial charge in [-0.1, -0.05) is 22.0 Å². The third-order valence-corrected chi connectivity index (χ3v) is 3.62. The molecule has 3 rings (SSSR count). The quantitative estimate of drug-likeness (QED) is 0.910. The molecule has 2 aromatic rings. The van der Waals surface area contributed by atoms with Crippen LogP contribution in [0.15, 0.2) is 41.0 Å². The van der Waals surface area contributed by atoms with Gasteiger partial charge in [0.05, 0.1) is 5.69 Å². The maximum Gasteiger partial charge on any atom is 0.272 e. The first kappa shape index (κ1) is 12.3. The van der Waals surface area contributed by atoms with Crippen molar-refractivity contribution in [1.29, 1.82) is 0 Å². The highest BCUT2D eigenvalue weighted by Gasteiger charge is 2.27. The molecule has 0 bridgehead atoms. The molecule has 0 atom stereocenters. The summed E-state index contributed by atoms with van der Waals surface area (Å²) < 4.78 is 2.91. The van der Waals surface area contributed by atoms with Crippen molar-refractivity contribution >= 4 is 33.2 Å². The van der Waals surface area contributed by atoms with Crippen LogP contribution in [0.25, 0.3) is 0 Å². The molecule has 98 valence electrons. The van der Waals surface area contributed by atoms with Gasteiger partial charge >= 0.3 is 0 Å². The van der Waals surface area contributed by atoms with Gasteiger partial charge in [-0.3, -0.25) is 4.79 Å². The predicted octanol–water partition coefficient (Wildman–Crippen LogP) is 3.42. The van der Waals surface area contributed by atoms with Crippen molar-refractivity contribution in [2.45, 2.75) is 18.9 Å². The summed E-state index contributed by atoms with van der Waals surface area (Å²) in [5.74, 6) is -0.123. The molecule has 1 fully saturated rings. The molecule has 1 aliphatic carbocycles. The smallest absolute Gasteiger partial charge is 0.272 e. The fraction of sp³-hybridized carbons (Fsp3) is 0.214. The van der Waals surface area contributed by atoms with E-state index in [1.807, 2.05) is 35.0 Å². The molecular weight excluding hydrogens is 306 g/mol. The summed E-state index contributed by atoms with van der Waals surface area (Å²) in [6.07, 6.45) is 4.07. The number of amides is 1. The maximum absolute atomic E-state index is 12.3. The van der Waals surface area contributed by atoms with Crippen LogP contribution < -0.4 is 11.1 Å². The van der Waals surface area contributed by atoms with Crippen LogP contribution in [0.3, 0.4) is 0 Å². The second-order valence-corrected chi connectivity index (χ2v) is 5.68. The first-order valence-electron chi connectivity index (χ1n) is 6.18. The van der Waals surface area contributed by atoms with E-state index in [-0.39, 0.29) is 5.91 Å². The van der Waals surface area contributed by atoms with Gasteiger partial charge < -0.3 is 15.6 Å². The van der Waals surface area contributed by atoms with Crippen LogP contribution in [-0.4, -0.2) is 10.5 Å². The molecule has 0 aliphatic heterocycles. The van der Waals surface area contributed by atoms with E-state index in [9.17, 15) is 4.79 Å². The second-order valence-electron chi connectivity index (χ2n) is 4.76. The van der Waals surface area contributed by atoms with Gasteiger partial charge in [0.2, 0.25) is 0 Å². The average Bonchev–Trinajstić information content (AvgIpc) is 3.12. The van der Waals surface area contributed by atoms with Crippen LogP contribution in [0.5, 0.6) is 0 Å². The molecule has 1 heterocycles. The molecule has 1 aliphatic rings. The van der Waals surface area contributed by atoms with E-state index in [1.54, 1.807) is 6.07 Å². The van der Waals surface area contributed by atoms with Gasteiger partial charge in [0.25, 0.3) is 5.91 Å². The molecule has 1 amide bonds. The largest absolute Gasteiger partial charge is 0.397 e. The molecule has 1 saturated carbocycles. The first-order valence-corrected chi connectivity index (χ1v) is 6.97. The number of hydrogen-bond acceptors (Lipinski definition) is 2. The summed E-state index contributed by atoms with van der Waals surface area (Å²) in [6.45, 7) is 0. The number of carbonyl (C=O) groups excluding carboxylic acids is 1. The van der Waals surface area contributed by atoms with Crippen LogP contribution >= 0.6 is 15.9 Å². The fourth-order valence-corrected chi connectivity index (χ4v) is 2.50. The van der Waals surface area contributed by atoms with Gasteiger partial charge in [-0.2, -0.15) is 0 Å². The molecule has 0 unspecified atom stereocenters. The minimum atomic E-state index is -0.123. The number of hydrogen-bond donors (Lipinski definition) is 2. The standard InChI is InChI=1S/C14H14BrN3O/c15-9-2-1-3-11(6-9)17-14(19)13-7-10(16)8-18(13)12-4-5-12/h1-3,6-8,12H,4-5,16H2,(H,17,19). The number of halogens is 1. The highest BCUT2D eigenvalue weighted by Crippen LogP contribution is 2.37. The second kappa shape index (κ2) is 4.74. The Morgan fingerprint density at radius 2 is 2.16 bits per heavy atom. The maximum atomic E-state index is 12.3. The Kier molecular flexibility index (Phi) is 3.06. The highest BCUT2D eigenvalue weighted by molar-refractivity contribution is 9.10. The molecule has 1 aromatic carbocycles. The van der Waals surface area contributed by atoms with Crippen molar-refractivity contribution in [3.63, 3.8) is 0 Å². The molecule has 4 nitrogen and oxygen atoms in total. The summed E-state index contributed by atoms with van der Waals surface area (Å²) >= 11 is 3.38. The highest BCUT2D eigenvalue weighted by atomic mass is 79.9. The Hall–Kier alpha value is -1.75. The molecule has 1 aromatic heterocycles.